The molecule has 1 N–H and O–H groups in total. The van der Waals surface area contributed by atoms with E-state index in [9.17, 15) is 0 Å². The van der Waals surface area contributed by atoms with Gasteiger partial charge in [0.05, 0.1) is 0 Å². The summed E-state index contributed by atoms with van der Waals surface area (Å²) in [6, 6.07) is 10.4. The van der Waals surface area contributed by atoms with E-state index < -0.39 is 0 Å². The van der Waals surface area contributed by atoms with Crippen LogP contribution in [0.5, 0.6) is 0 Å². The van der Waals surface area contributed by atoms with E-state index in [1.165, 1.54) is 21.3 Å². The van der Waals surface area contributed by atoms with Crippen LogP contribution in [0, 0.1) is 13.8 Å². The lowest BCUT2D eigenvalue weighted by atomic mass is 10.0. The van der Waals surface area contributed by atoms with Crippen LogP contribution in [-0.4, -0.2) is 31.8 Å². The van der Waals surface area contributed by atoms with Crippen LogP contribution in [0.2, 0.25) is 0 Å². The van der Waals surface area contributed by atoms with Gasteiger partial charge in [-0.25, -0.2) is 0 Å². The first-order valence-corrected chi connectivity index (χ1v) is 7.08. The second kappa shape index (κ2) is 5.87. The maximum absolute atomic E-state index is 4.28. The Hall–Kier alpha value is -2.50. The van der Waals surface area contributed by atoms with Gasteiger partial charge in [-0.3, -0.25) is 0 Å². The Morgan fingerprint density at radius 3 is 2.90 bits per heavy atom. The number of hydrogen-bond donors (Lipinski definition) is 1. The lowest BCUT2D eigenvalue weighted by Crippen LogP contribution is -2.07. The lowest BCUT2D eigenvalue weighted by Gasteiger charge is -2.08. The van der Waals surface area contributed by atoms with E-state index in [2.05, 4.69) is 58.0 Å². The Morgan fingerprint density at radius 1 is 1.14 bits per heavy atom. The largest absolute Gasteiger partial charge is 0.369 e. The van der Waals surface area contributed by atoms with Crippen molar-refractivity contribution in [2.75, 3.05) is 11.9 Å². The molecule has 0 aliphatic rings. The molecule has 0 unspecified atom stereocenters. The summed E-state index contributed by atoms with van der Waals surface area (Å²) in [5, 5.41) is 18.8. The molecule has 0 aliphatic carbocycles. The molecule has 6 nitrogen and oxygen atoms in total. The summed E-state index contributed by atoms with van der Waals surface area (Å²) < 4.78 is 1.42. The van der Waals surface area contributed by atoms with Gasteiger partial charge in [0.25, 0.3) is 0 Å². The van der Waals surface area contributed by atoms with Crippen LogP contribution in [0.1, 0.15) is 23.1 Å². The molecule has 21 heavy (non-hydrogen) atoms. The third-order valence-electron chi connectivity index (χ3n) is 3.50. The third kappa shape index (κ3) is 3.16. The Labute approximate surface area is 123 Å². The smallest absolute Gasteiger partial charge is 0.200 e. The Balaban J connectivity index is 1.53. The van der Waals surface area contributed by atoms with Gasteiger partial charge in [-0.2, -0.15) is 0 Å². The van der Waals surface area contributed by atoms with E-state index in [4.69, 9.17) is 0 Å². The monoisotopic (exact) mass is 282 g/mol. The van der Waals surface area contributed by atoms with Crippen LogP contribution in [0.25, 0.3) is 5.65 Å². The zero-order valence-corrected chi connectivity index (χ0v) is 12.2. The highest BCUT2D eigenvalue weighted by Crippen LogP contribution is 2.12. The minimum absolute atomic E-state index is 0.649. The molecule has 0 bridgehead atoms. The summed E-state index contributed by atoms with van der Waals surface area (Å²) in [5.74, 6) is 0.787. The molecule has 108 valence electrons. The van der Waals surface area contributed by atoms with Gasteiger partial charge in [-0.1, -0.05) is 23.8 Å². The van der Waals surface area contributed by atoms with Gasteiger partial charge < -0.3 is 5.32 Å². The van der Waals surface area contributed by atoms with E-state index in [1.807, 2.05) is 12.1 Å². The third-order valence-corrected chi connectivity index (χ3v) is 3.50. The van der Waals surface area contributed by atoms with Crippen LogP contribution in [0.3, 0.4) is 0 Å². The maximum atomic E-state index is 4.28. The molecule has 3 rings (SSSR count). The zero-order valence-electron chi connectivity index (χ0n) is 12.2. The van der Waals surface area contributed by atoms with Crippen molar-refractivity contribution in [1.82, 2.24) is 25.3 Å². The molecular weight excluding hydrogens is 264 g/mol. The van der Waals surface area contributed by atoms with Gasteiger partial charge in [-0.05, 0) is 60.4 Å². The summed E-state index contributed by atoms with van der Waals surface area (Å²) >= 11 is 0. The highest BCUT2D eigenvalue weighted by Gasteiger charge is 2.01. The molecule has 0 atom stereocenters. The van der Waals surface area contributed by atoms with E-state index >= 15 is 0 Å². The number of fused-ring (bicyclic) bond motifs is 1. The quantitative estimate of drug-likeness (QED) is 0.726. The van der Waals surface area contributed by atoms with Crippen molar-refractivity contribution in [3.8, 4) is 0 Å². The number of benzene rings is 1. The first kappa shape index (κ1) is 13.5. The minimum Gasteiger partial charge on any atom is -0.369 e. The number of nitrogens with one attached hydrogen (secondary N) is 1. The molecule has 1 aromatic carbocycles. The van der Waals surface area contributed by atoms with Crippen molar-refractivity contribution < 1.29 is 0 Å². The highest BCUT2D eigenvalue weighted by atomic mass is 15.6. The van der Waals surface area contributed by atoms with Gasteiger partial charge in [0.15, 0.2) is 5.65 Å². The van der Waals surface area contributed by atoms with Gasteiger partial charge >= 0.3 is 0 Å². The molecule has 0 radical (unpaired) electrons. The van der Waals surface area contributed by atoms with E-state index in [0.29, 0.717) is 5.65 Å². The zero-order chi connectivity index (χ0) is 14.7. The van der Waals surface area contributed by atoms with E-state index in [0.717, 1.165) is 25.2 Å². The lowest BCUT2D eigenvalue weighted by molar-refractivity contribution is 0.731. The SMILES string of the molecule is Cc1ccc(CCCNc2ccc3nnnn3n2)c(C)c1. The Kier molecular flexibility index (Phi) is 3.77. The van der Waals surface area contributed by atoms with Crippen LogP contribution < -0.4 is 5.32 Å². The molecule has 0 saturated carbocycles. The predicted octanol–water partition coefficient (Wildman–Crippen LogP) is 2.18. The molecule has 2 heterocycles. The van der Waals surface area contributed by atoms with E-state index in [-0.39, 0.29) is 0 Å². The molecule has 3 aromatic rings. The fourth-order valence-corrected chi connectivity index (χ4v) is 2.37. The molecule has 0 saturated heterocycles. The van der Waals surface area contributed by atoms with Gasteiger partial charge in [0.1, 0.15) is 5.82 Å². The van der Waals surface area contributed by atoms with Crippen molar-refractivity contribution in [2.45, 2.75) is 26.7 Å². The normalized spacial score (nSPS) is 11.0. The number of rotatable bonds is 5. The first-order chi connectivity index (χ1) is 10.2. The van der Waals surface area contributed by atoms with Crippen molar-refractivity contribution >= 4 is 11.5 Å². The van der Waals surface area contributed by atoms with Crippen molar-refractivity contribution in [2.24, 2.45) is 0 Å². The molecular formula is C15H18N6. The molecule has 2 aromatic heterocycles. The highest BCUT2D eigenvalue weighted by molar-refractivity contribution is 5.42. The van der Waals surface area contributed by atoms with Crippen LogP contribution in [0.4, 0.5) is 5.82 Å². The van der Waals surface area contributed by atoms with Crippen molar-refractivity contribution in [3.05, 3.63) is 47.0 Å². The number of hydrogen-bond acceptors (Lipinski definition) is 5. The summed E-state index contributed by atoms with van der Waals surface area (Å²) in [6.07, 6.45) is 2.12. The van der Waals surface area contributed by atoms with Crippen LogP contribution in [-0.2, 0) is 6.42 Å². The minimum atomic E-state index is 0.649. The number of aromatic nitrogens is 5. The average Bonchev–Trinajstić information content (AvgIpc) is 2.93. The van der Waals surface area contributed by atoms with Gasteiger partial charge in [0.2, 0.25) is 0 Å². The Bertz CT molecular complexity index is 749. The molecule has 0 fully saturated rings. The number of aryl methyl sites for hydroxylation is 3. The fraction of sp³-hybridized carbons (Fsp3) is 0.333. The predicted molar refractivity (Wildman–Crippen MR) is 81.3 cm³/mol. The second-order valence-electron chi connectivity index (χ2n) is 5.21. The van der Waals surface area contributed by atoms with Crippen LogP contribution >= 0.6 is 0 Å². The van der Waals surface area contributed by atoms with Crippen molar-refractivity contribution in [3.63, 3.8) is 0 Å². The van der Waals surface area contributed by atoms with Crippen molar-refractivity contribution in [1.29, 1.82) is 0 Å². The van der Waals surface area contributed by atoms with Gasteiger partial charge in [0, 0.05) is 6.54 Å². The first-order valence-electron chi connectivity index (χ1n) is 7.08. The summed E-state index contributed by atoms with van der Waals surface area (Å²) in [5.41, 5.74) is 4.73. The second-order valence-corrected chi connectivity index (χ2v) is 5.21. The average molecular weight is 282 g/mol. The Morgan fingerprint density at radius 2 is 2.05 bits per heavy atom. The molecule has 0 spiro atoms. The number of anilines is 1. The summed E-state index contributed by atoms with van der Waals surface area (Å²) in [4.78, 5) is 0. The molecule has 6 heteroatoms. The topological polar surface area (TPSA) is 68.0 Å². The van der Waals surface area contributed by atoms with E-state index in [1.54, 1.807) is 0 Å². The van der Waals surface area contributed by atoms with Crippen LogP contribution in [0.15, 0.2) is 30.3 Å². The number of nitrogens with zero attached hydrogens (tertiary/aromatic N) is 5. The fourth-order valence-electron chi connectivity index (χ4n) is 2.37. The molecule has 0 amide bonds. The number of tetrazole rings is 1. The molecule has 0 aliphatic heterocycles. The van der Waals surface area contributed by atoms with Gasteiger partial charge in [-0.15, -0.1) is 14.8 Å². The summed E-state index contributed by atoms with van der Waals surface area (Å²) in [6.45, 7) is 5.16. The summed E-state index contributed by atoms with van der Waals surface area (Å²) in [7, 11) is 0. The standard InChI is InChI=1S/C15H18N6/c1-11-5-6-13(12(2)10-11)4-3-9-16-14-7-8-15-17-19-20-21(15)18-14/h5-8,10H,3-4,9H2,1-2H3,(H,16,18). The maximum Gasteiger partial charge on any atom is 0.200 e.